The lowest BCUT2D eigenvalue weighted by Crippen LogP contribution is -2.27. The van der Waals surface area contributed by atoms with E-state index in [4.69, 9.17) is 1.37 Å². The van der Waals surface area contributed by atoms with Crippen molar-refractivity contribution in [3.63, 3.8) is 0 Å². The van der Waals surface area contributed by atoms with Gasteiger partial charge < -0.3 is 4.90 Å². The van der Waals surface area contributed by atoms with E-state index in [1.54, 1.807) is 0 Å². The van der Waals surface area contributed by atoms with Crippen molar-refractivity contribution in [3.8, 4) is 44.5 Å². The molecular formula is C63H59N. The molecule has 1 nitrogen and oxygen atoms in total. The van der Waals surface area contributed by atoms with Crippen molar-refractivity contribution in [1.82, 2.24) is 0 Å². The average Bonchev–Trinajstić information content (AvgIpc) is 3.83. The predicted octanol–water partition coefficient (Wildman–Crippen LogP) is 17.2. The van der Waals surface area contributed by atoms with Crippen molar-refractivity contribution >= 4 is 17.1 Å². The second kappa shape index (κ2) is 14.0. The van der Waals surface area contributed by atoms with Crippen molar-refractivity contribution in [2.45, 2.75) is 96.8 Å². The fourth-order valence-electron chi connectivity index (χ4n) is 11.3. The molecule has 1 spiro atoms. The highest BCUT2D eigenvalue weighted by Crippen LogP contribution is 2.64. The molecule has 3 aliphatic carbocycles. The maximum Gasteiger partial charge on any atom is 0.0726 e. The van der Waals surface area contributed by atoms with Gasteiger partial charge in [-0.2, -0.15) is 0 Å². The van der Waals surface area contributed by atoms with E-state index in [-0.39, 0.29) is 16.2 Å². The summed E-state index contributed by atoms with van der Waals surface area (Å²) in [5.74, 6) is -0.642. The smallest absolute Gasteiger partial charge is 0.0726 e. The van der Waals surface area contributed by atoms with Crippen LogP contribution in [0.5, 0.6) is 0 Å². The van der Waals surface area contributed by atoms with Gasteiger partial charge in [0.05, 0.1) is 5.41 Å². The molecule has 0 aliphatic heterocycles. The van der Waals surface area contributed by atoms with Gasteiger partial charge in [0.2, 0.25) is 0 Å². The third-order valence-electron chi connectivity index (χ3n) is 14.9. The zero-order valence-corrected chi connectivity index (χ0v) is 39.1. The first-order valence-electron chi connectivity index (χ1n) is 23.7. The van der Waals surface area contributed by atoms with Gasteiger partial charge in [-0.25, -0.2) is 0 Å². The zero-order valence-electron chi connectivity index (χ0n) is 40.1. The number of hydrogen-bond donors (Lipinski definition) is 0. The normalized spacial score (nSPS) is 15.2. The molecule has 0 heterocycles. The van der Waals surface area contributed by atoms with E-state index in [9.17, 15) is 0 Å². The topological polar surface area (TPSA) is 3.24 Å². The summed E-state index contributed by atoms with van der Waals surface area (Å²) in [6.07, 6.45) is 0. The number of benzene rings is 8. The van der Waals surface area contributed by atoms with Crippen LogP contribution in [0.15, 0.2) is 170 Å². The van der Waals surface area contributed by atoms with Crippen molar-refractivity contribution in [3.05, 3.63) is 220 Å². The molecule has 11 rings (SSSR count). The van der Waals surface area contributed by atoms with Gasteiger partial charge >= 0.3 is 0 Å². The largest absolute Gasteiger partial charge is 0.310 e. The lowest BCUT2D eigenvalue weighted by atomic mass is 9.68. The Labute approximate surface area is 382 Å². The van der Waals surface area contributed by atoms with Crippen molar-refractivity contribution in [1.29, 1.82) is 0 Å². The molecular weight excluding hydrogens is 771 g/mol. The molecule has 0 radical (unpaired) electrons. The molecule has 316 valence electrons. The first kappa shape index (κ1) is 39.2. The Hall–Kier alpha value is -6.44. The highest BCUT2D eigenvalue weighted by atomic mass is 15.1. The third-order valence-corrected chi connectivity index (χ3v) is 14.9. The molecule has 0 atom stereocenters. The van der Waals surface area contributed by atoms with E-state index in [1.165, 1.54) is 77.9 Å². The van der Waals surface area contributed by atoms with E-state index >= 15 is 0 Å². The van der Waals surface area contributed by atoms with Gasteiger partial charge in [0.1, 0.15) is 0 Å². The van der Waals surface area contributed by atoms with Crippen LogP contribution in [0, 0.1) is 0 Å². The van der Waals surface area contributed by atoms with Crippen LogP contribution in [-0.2, 0) is 21.7 Å². The number of nitrogens with zero attached hydrogens (tertiary/aromatic N) is 1. The van der Waals surface area contributed by atoms with Crippen LogP contribution < -0.4 is 4.90 Å². The maximum absolute atomic E-state index is 8.57. The first-order valence-corrected chi connectivity index (χ1v) is 23.2. The van der Waals surface area contributed by atoms with E-state index < -0.39 is 11.3 Å². The Bertz CT molecular complexity index is 3150. The Morgan fingerprint density at radius 1 is 0.406 bits per heavy atom. The highest BCUT2D eigenvalue weighted by Gasteiger charge is 2.52. The fraction of sp³-hybridized carbons (Fsp3) is 0.238. The van der Waals surface area contributed by atoms with Crippen molar-refractivity contribution in [2.75, 3.05) is 4.90 Å². The maximum atomic E-state index is 8.57. The van der Waals surface area contributed by atoms with Crippen molar-refractivity contribution in [2.24, 2.45) is 0 Å². The predicted molar refractivity (Wildman–Crippen MR) is 272 cm³/mol. The summed E-state index contributed by atoms with van der Waals surface area (Å²) < 4.78 is 8.57. The summed E-state index contributed by atoms with van der Waals surface area (Å²) in [5.41, 5.74) is 24.8. The molecule has 0 bridgehead atoms. The van der Waals surface area contributed by atoms with E-state index in [2.05, 4.69) is 230 Å². The lowest BCUT2D eigenvalue weighted by molar-refractivity contribution is 0.586. The van der Waals surface area contributed by atoms with E-state index in [0.29, 0.717) is 0 Å². The molecule has 0 N–H and O–H groups in total. The zero-order chi connectivity index (χ0) is 45.4. The fourth-order valence-corrected chi connectivity index (χ4v) is 11.3. The summed E-state index contributed by atoms with van der Waals surface area (Å²) >= 11 is 0. The molecule has 1 heteroatoms. The lowest BCUT2D eigenvalue weighted by Gasteiger charge is -2.34. The van der Waals surface area contributed by atoms with Gasteiger partial charge in [-0.3, -0.25) is 0 Å². The number of hydrogen-bond acceptors (Lipinski definition) is 1. The Balaban J connectivity index is 1.16. The molecule has 8 aromatic carbocycles. The standard InChI is InChI=1S/C63H59N/c1-39(2)40-19-21-41(22-20-40)42-23-27-45(28-24-42)64(46-30-34-55-53(37-46)49-16-11-13-17-54(49)62(55,9)10)47-29-33-52-48-15-12-14-18-56(48)63(59(52)38-47)57-35-43(60(3,4)5)25-31-50(57)51-32-26-44(36-58(51)63)61(6,7)8/h11-39H,1-10H3/i39D. The molecule has 0 saturated heterocycles. The first-order chi connectivity index (χ1) is 30.9. The second-order valence-electron chi connectivity index (χ2n) is 21.4. The van der Waals surface area contributed by atoms with Gasteiger partial charge in [0.25, 0.3) is 0 Å². The van der Waals surface area contributed by atoms with Crippen LogP contribution in [0.4, 0.5) is 17.1 Å². The van der Waals surface area contributed by atoms with Crippen LogP contribution in [0.1, 0.15) is 127 Å². The van der Waals surface area contributed by atoms with Crippen LogP contribution in [0.25, 0.3) is 44.5 Å². The second-order valence-corrected chi connectivity index (χ2v) is 21.4. The van der Waals surface area contributed by atoms with Crippen LogP contribution in [-0.4, -0.2) is 0 Å². The summed E-state index contributed by atoms with van der Waals surface area (Å²) in [6, 6.07) is 64.8. The SMILES string of the molecule is [2H]C(C)(C)c1ccc(-c2ccc(N(c3ccc4c(c3)-c3ccccc3C4(C)C)c3ccc4c(c3)C3(c5ccccc5-4)c4cc(C(C)(C)C)ccc4-c4ccc(C(C)(C)C)cc43)cc2)cc1. The minimum atomic E-state index is -0.642. The van der Waals surface area contributed by atoms with Gasteiger partial charge in [-0.05, 0) is 148 Å². The van der Waals surface area contributed by atoms with Gasteiger partial charge in [-0.1, -0.05) is 203 Å². The molecule has 0 unspecified atom stereocenters. The monoisotopic (exact) mass is 830 g/mol. The van der Waals surface area contributed by atoms with Crippen LogP contribution in [0.3, 0.4) is 0 Å². The summed E-state index contributed by atoms with van der Waals surface area (Å²) in [4.78, 5) is 2.48. The van der Waals surface area contributed by atoms with Gasteiger partial charge in [-0.15, -0.1) is 0 Å². The van der Waals surface area contributed by atoms with Crippen LogP contribution in [0.2, 0.25) is 0 Å². The third kappa shape index (κ3) is 5.89. The number of anilines is 3. The van der Waals surface area contributed by atoms with Gasteiger partial charge in [0.15, 0.2) is 0 Å². The Kier molecular flexibility index (Phi) is 8.59. The summed E-state index contributed by atoms with van der Waals surface area (Å²) in [6.45, 7) is 22.6. The Morgan fingerprint density at radius 2 is 0.828 bits per heavy atom. The molecule has 3 aliphatic rings. The Morgan fingerprint density at radius 3 is 1.39 bits per heavy atom. The van der Waals surface area contributed by atoms with E-state index in [1.807, 2.05) is 13.8 Å². The average molecular weight is 831 g/mol. The minimum absolute atomic E-state index is 0.0195. The van der Waals surface area contributed by atoms with Gasteiger partial charge in [0, 0.05) is 23.8 Å². The molecule has 64 heavy (non-hydrogen) atoms. The molecule has 8 aromatic rings. The summed E-state index contributed by atoms with van der Waals surface area (Å²) in [5, 5.41) is 0. The minimum Gasteiger partial charge on any atom is -0.310 e. The molecule has 0 aromatic heterocycles. The molecule has 0 saturated carbocycles. The number of fused-ring (bicyclic) bond motifs is 13. The molecule has 0 fully saturated rings. The quantitative estimate of drug-likeness (QED) is 0.167. The van der Waals surface area contributed by atoms with E-state index in [0.717, 1.165) is 33.8 Å². The highest BCUT2D eigenvalue weighted by molar-refractivity contribution is 5.97. The van der Waals surface area contributed by atoms with Crippen LogP contribution >= 0.6 is 0 Å². The number of rotatable bonds is 5. The van der Waals surface area contributed by atoms with Crippen molar-refractivity contribution < 1.29 is 1.37 Å². The molecule has 0 amide bonds. The summed E-state index contributed by atoms with van der Waals surface area (Å²) in [7, 11) is 0.